The normalized spacial score (nSPS) is 15.3. The number of carbonyl (C=O) groups is 2. The average molecular weight is 385 g/mol. The van der Waals surface area contributed by atoms with E-state index in [0.29, 0.717) is 24.4 Å². The number of piperidine rings is 1. The molecule has 0 bridgehead atoms. The van der Waals surface area contributed by atoms with Crippen molar-refractivity contribution < 1.29 is 23.8 Å². The van der Waals surface area contributed by atoms with Gasteiger partial charge >= 0.3 is 5.97 Å². The van der Waals surface area contributed by atoms with E-state index in [1.165, 1.54) is 38.1 Å². The molecule has 0 spiro atoms. The van der Waals surface area contributed by atoms with Crippen molar-refractivity contribution in [2.45, 2.75) is 38.2 Å². The van der Waals surface area contributed by atoms with E-state index in [0.717, 1.165) is 18.4 Å². The minimum Gasteiger partial charge on any atom is -0.478 e. The Balaban J connectivity index is 1.63. The third-order valence-corrected chi connectivity index (χ3v) is 5.09. The Bertz CT molecular complexity index is 855. The Morgan fingerprint density at radius 1 is 1.11 bits per heavy atom. The van der Waals surface area contributed by atoms with E-state index in [1.807, 2.05) is 18.2 Å². The van der Waals surface area contributed by atoms with Crippen molar-refractivity contribution in [3.8, 4) is 5.75 Å². The highest BCUT2D eigenvalue weighted by molar-refractivity contribution is 5.94. The van der Waals surface area contributed by atoms with Crippen LogP contribution in [0.1, 0.15) is 48.5 Å². The lowest BCUT2D eigenvalue weighted by Gasteiger charge is -2.32. The van der Waals surface area contributed by atoms with Gasteiger partial charge in [0.25, 0.3) is 5.91 Å². The number of benzene rings is 2. The first kappa shape index (κ1) is 19.9. The summed E-state index contributed by atoms with van der Waals surface area (Å²) in [6.45, 7) is 4.27. The highest BCUT2D eigenvalue weighted by Crippen LogP contribution is 2.31. The van der Waals surface area contributed by atoms with Gasteiger partial charge in [-0.3, -0.25) is 4.79 Å². The van der Waals surface area contributed by atoms with Gasteiger partial charge < -0.3 is 14.7 Å². The van der Waals surface area contributed by atoms with Crippen LogP contribution < -0.4 is 4.74 Å². The lowest BCUT2D eigenvalue weighted by molar-refractivity contribution is -0.152. The first-order valence-corrected chi connectivity index (χ1v) is 9.33. The van der Waals surface area contributed by atoms with Crippen LogP contribution in [0.3, 0.4) is 0 Å². The number of aliphatic carboxylic acids is 1. The molecule has 1 N–H and O–H groups in total. The van der Waals surface area contributed by atoms with Gasteiger partial charge in [0.15, 0.2) is 5.60 Å². The zero-order valence-electron chi connectivity index (χ0n) is 16.0. The van der Waals surface area contributed by atoms with Crippen LogP contribution in [-0.2, 0) is 4.79 Å². The molecule has 0 aromatic heterocycles. The van der Waals surface area contributed by atoms with Crippen molar-refractivity contribution in [1.82, 2.24) is 4.90 Å². The highest BCUT2D eigenvalue weighted by atomic mass is 19.1. The van der Waals surface area contributed by atoms with Crippen molar-refractivity contribution >= 4 is 11.9 Å². The molecular formula is C22H24FNO4. The number of amides is 1. The van der Waals surface area contributed by atoms with Gasteiger partial charge in [-0.1, -0.05) is 12.1 Å². The third-order valence-electron chi connectivity index (χ3n) is 5.09. The van der Waals surface area contributed by atoms with Gasteiger partial charge in [0, 0.05) is 18.7 Å². The fourth-order valence-corrected chi connectivity index (χ4v) is 3.36. The van der Waals surface area contributed by atoms with E-state index in [9.17, 15) is 19.1 Å². The van der Waals surface area contributed by atoms with Crippen molar-refractivity contribution in [1.29, 1.82) is 0 Å². The van der Waals surface area contributed by atoms with Crippen LogP contribution in [0.15, 0.2) is 48.5 Å². The number of nitrogens with zero attached hydrogens (tertiary/aromatic N) is 1. The minimum atomic E-state index is -1.30. The van der Waals surface area contributed by atoms with Crippen LogP contribution in [0.2, 0.25) is 0 Å². The number of ether oxygens (including phenoxy) is 1. The molecule has 0 radical (unpaired) electrons. The molecule has 1 fully saturated rings. The van der Waals surface area contributed by atoms with Gasteiger partial charge in [-0.05, 0) is 74.6 Å². The molecule has 1 saturated heterocycles. The van der Waals surface area contributed by atoms with E-state index in [-0.39, 0.29) is 17.6 Å². The second-order valence-electron chi connectivity index (χ2n) is 7.56. The van der Waals surface area contributed by atoms with Gasteiger partial charge in [-0.2, -0.15) is 0 Å². The maximum Gasteiger partial charge on any atom is 0.347 e. The summed E-state index contributed by atoms with van der Waals surface area (Å²) in [5.41, 5.74) is 0.266. The molecule has 0 atom stereocenters. The SMILES string of the molecule is CC(C)(Oc1cccc(C2CCN(C(=O)c3ccc(F)cc3)CC2)c1)C(=O)O. The molecule has 2 aromatic carbocycles. The van der Waals surface area contributed by atoms with E-state index < -0.39 is 11.6 Å². The number of hydrogen-bond donors (Lipinski definition) is 1. The van der Waals surface area contributed by atoms with Crippen LogP contribution >= 0.6 is 0 Å². The van der Waals surface area contributed by atoms with Gasteiger partial charge in [0.2, 0.25) is 0 Å². The van der Waals surface area contributed by atoms with E-state index in [4.69, 9.17) is 4.74 Å². The molecule has 1 aliphatic rings. The molecule has 6 heteroatoms. The minimum absolute atomic E-state index is 0.0845. The summed E-state index contributed by atoms with van der Waals surface area (Å²) >= 11 is 0. The van der Waals surface area contributed by atoms with Crippen LogP contribution in [0, 0.1) is 5.82 Å². The molecule has 3 rings (SSSR count). The van der Waals surface area contributed by atoms with Crippen molar-refractivity contribution in [3.63, 3.8) is 0 Å². The molecule has 1 aliphatic heterocycles. The fraction of sp³-hybridized carbons (Fsp3) is 0.364. The Hall–Kier alpha value is -2.89. The van der Waals surface area contributed by atoms with Gasteiger partial charge in [-0.15, -0.1) is 0 Å². The fourth-order valence-electron chi connectivity index (χ4n) is 3.36. The number of carboxylic acid groups (broad SMARTS) is 1. The lowest BCUT2D eigenvalue weighted by Crippen LogP contribution is -2.38. The predicted octanol–water partition coefficient (Wildman–Crippen LogP) is 4.09. The third kappa shape index (κ3) is 4.50. The van der Waals surface area contributed by atoms with Crippen LogP contribution in [0.25, 0.3) is 0 Å². The second kappa shape index (κ2) is 8.00. The molecule has 28 heavy (non-hydrogen) atoms. The maximum absolute atomic E-state index is 13.0. The van der Waals surface area contributed by atoms with E-state index >= 15 is 0 Å². The Kier molecular flexibility index (Phi) is 5.68. The molecule has 1 amide bonds. The number of carboxylic acids is 1. The highest BCUT2D eigenvalue weighted by Gasteiger charge is 2.30. The average Bonchev–Trinajstić information content (AvgIpc) is 2.68. The van der Waals surface area contributed by atoms with Gasteiger partial charge in [-0.25, -0.2) is 9.18 Å². The monoisotopic (exact) mass is 385 g/mol. The summed E-state index contributed by atoms with van der Waals surface area (Å²) in [6.07, 6.45) is 1.61. The smallest absolute Gasteiger partial charge is 0.347 e. The summed E-state index contributed by atoms with van der Waals surface area (Å²) in [6, 6.07) is 13.1. The summed E-state index contributed by atoms with van der Waals surface area (Å²) < 4.78 is 18.7. The largest absolute Gasteiger partial charge is 0.478 e. The number of rotatable bonds is 5. The van der Waals surface area contributed by atoms with Crippen LogP contribution in [0.4, 0.5) is 4.39 Å². The van der Waals surface area contributed by atoms with Crippen molar-refractivity contribution in [2.75, 3.05) is 13.1 Å². The van der Waals surface area contributed by atoms with Crippen LogP contribution in [-0.4, -0.2) is 40.6 Å². The van der Waals surface area contributed by atoms with Crippen molar-refractivity contribution in [2.24, 2.45) is 0 Å². The molecule has 148 valence electrons. The molecule has 0 unspecified atom stereocenters. The molecule has 5 nitrogen and oxygen atoms in total. The lowest BCUT2D eigenvalue weighted by atomic mass is 9.89. The summed E-state index contributed by atoms with van der Waals surface area (Å²) in [5.74, 6) is -0.670. The van der Waals surface area contributed by atoms with E-state index in [2.05, 4.69) is 0 Å². The van der Waals surface area contributed by atoms with Crippen LogP contribution in [0.5, 0.6) is 5.75 Å². The Morgan fingerprint density at radius 3 is 2.36 bits per heavy atom. The predicted molar refractivity (Wildman–Crippen MR) is 103 cm³/mol. The van der Waals surface area contributed by atoms with E-state index in [1.54, 1.807) is 11.0 Å². The molecular weight excluding hydrogens is 361 g/mol. The first-order valence-electron chi connectivity index (χ1n) is 9.33. The number of halogens is 1. The number of likely N-dealkylation sites (tertiary alicyclic amines) is 1. The zero-order valence-corrected chi connectivity index (χ0v) is 16.0. The number of hydrogen-bond acceptors (Lipinski definition) is 3. The second-order valence-corrected chi connectivity index (χ2v) is 7.56. The molecule has 2 aromatic rings. The number of carbonyl (C=O) groups excluding carboxylic acids is 1. The zero-order chi connectivity index (χ0) is 20.3. The van der Waals surface area contributed by atoms with Gasteiger partial charge in [0.1, 0.15) is 11.6 Å². The summed E-state index contributed by atoms with van der Waals surface area (Å²) in [4.78, 5) is 25.6. The Labute approximate surface area is 163 Å². The summed E-state index contributed by atoms with van der Waals surface area (Å²) in [5, 5.41) is 9.23. The topological polar surface area (TPSA) is 66.8 Å². The standard InChI is InChI=1S/C22H24FNO4/c1-22(2,21(26)27)28-19-5-3-4-17(14-19)15-10-12-24(13-11-15)20(25)16-6-8-18(23)9-7-16/h3-9,14-15H,10-13H2,1-2H3,(H,26,27). The molecule has 0 aliphatic carbocycles. The first-order chi connectivity index (χ1) is 13.3. The quantitative estimate of drug-likeness (QED) is 0.842. The summed E-state index contributed by atoms with van der Waals surface area (Å²) in [7, 11) is 0. The molecule has 0 saturated carbocycles. The van der Waals surface area contributed by atoms with Gasteiger partial charge in [0.05, 0.1) is 0 Å². The maximum atomic E-state index is 13.0. The van der Waals surface area contributed by atoms with Crippen molar-refractivity contribution in [3.05, 3.63) is 65.5 Å². The Morgan fingerprint density at radius 2 is 1.75 bits per heavy atom. The molecule has 1 heterocycles.